The summed E-state index contributed by atoms with van der Waals surface area (Å²) in [7, 11) is 0. The van der Waals surface area contributed by atoms with Crippen LogP contribution in [-0.4, -0.2) is 35.6 Å². The molecule has 0 spiro atoms. The van der Waals surface area contributed by atoms with E-state index in [4.69, 9.17) is 4.74 Å². The van der Waals surface area contributed by atoms with Gasteiger partial charge < -0.3 is 14.7 Å². The van der Waals surface area contributed by atoms with Crippen molar-refractivity contribution in [2.45, 2.75) is 32.8 Å². The molecule has 0 saturated carbocycles. The summed E-state index contributed by atoms with van der Waals surface area (Å²) in [5, 5.41) is 10.3. The number of amides is 1. The van der Waals surface area contributed by atoms with Gasteiger partial charge in [0.25, 0.3) is 0 Å². The molecule has 1 heterocycles. The highest BCUT2D eigenvalue weighted by atomic mass is 16.5. The topological polar surface area (TPSA) is 49.8 Å². The SMILES string of the molecule is CCOc1ccc(C(O)CN2CCCC(C)C2=O)cc1. The maximum atomic E-state index is 12.0. The van der Waals surface area contributed by atoms with Crippen LogP contribution in [0.2, 0.25) is 0 Å². The molecule has 4 nitrogen and oxygen atoms in total. The Labute approximate surface area is 120 Å². The van der Waals surface area contributed by atoms with Gasteiger partial charge in [-0.25, -0.2) is 0 Å². The van der Waals surface area contributed by atoms with Crippen LogP contribution in [0.3, 0.4) is 0 Å². The van der Waals surface area contributed by atoms with Crippen molar-refractivity contribution in [1.29, 1.82) is 0 Å². The van der Waals surface area contributed by atoms with Gasteiger partial charge in [0.1, 0.15) is 5.75 Å². The van der Waals surface area contributed by atoms with E-state index in [1.54, 1.807) is 4.90 Å². The van der Waals surface area contributed by atoms with Gasteiger partial charge in [-0.15, -0.1) is 0 Å². The number of likely N-dealkylation sites (tertiary alicyclic amines) is 1. The van der Waals surface area contributed by atoms with Crippen LogP contribution in [0, 0.1) is 5.92 Å². The Morgan fingerprint density at radius 2 is 2.10 bits per heavy atom. The van der Waals surface area contributed by atoms with Crippen molar-refractivity contribution in [3.05, 3.63) is 29.8 Å². The highest BCUT2D eigenvalue weighted by Gasteiger charge is 2.26. The quantitative estimate of drug-likeness (QED) is 0.899. The zero-order valence-electron chi connectivity index (χ0n) is 12.2. The Morgan fingerprint density at radius 1 is 1.40 bits per heavy atom. The number of ether oxygens (including phenoxy) is 1. The first-order valence-corrected chi connectivity index (χ1v) is 7.31. The van der Waals surface area contributed by atoms with E-state index in [1.807, 2.05) is 38.1 Å². The van der Waals surface area contributed by atoms with Gasteiger partial charge in [0.2, 0.25) is 5.91 Å². The van der Waals surface area contributed by atoms with E-state index in [1.165, 1.54) is 0 Å². The number of piperidine rings is 1. The zero-order valence-corrected chi connectivity index (χ0v) is 12.2. The molecule has 110 valence electrons. The number of carbonyl (C=O) groups is 1. The fraction of sp³-hybridized carbons (Fsp3) is 0.562. The first-order chi connectivity index (χ1) is 9.61. The molecule has 2 rings (SSSR count). The summed E-state index contributed by atoms with van der Waals surface area (Å²) >= 11 is 0. The minimum absolute atomic E-state index is 0.0799. The first-order valence-electron chi connectivity index (χ1n) is 7.31. The molecule has 1 aliphatic heterocycles. The van der Waals surface area contributed by atoms with Gasteiger partial charge >= 0.3 is 0 Å². The van der Waals surface area contributed by atoms with Crippen LogP contribution in [0.5, 0.6) is 5.75 Å². The molecule has 1 aliphatic rings. The van der Waals surface area contributed by atoms with Gasteiger partial charge in [-0.2, -0.15) is 0 Å². The minimum atomic E-state index is -0.639. The van der Waals surface area contributed by atoms with Gasteiger partial charge in [-0.05, 0) is 37.5 Å². The molecule has 1 fully saturated rings. The predicted octanol–water partition coefficient (Wildman–Crippen LogP) is 2.38. The highest BCUT2D eigenvalue weighted by molar-refractivity contribution is 5.79. The molecule has 4 heteroatoms. The second-order valence-electron chi connectivity index (χ2n) is 5.35. The molecule has 2 atom stereocenters. The number of hydrogen-bond acceptors (Lipinski definition) is 3. The third-order valence-electron chi connectivity index (χ3n) is 3.77. The number of carbonyl (C=O) groups excluding carboxylic acids is 1. The number of β-amino-alcohol motifs (C(OH)–C–C–N with tert-alkyl or cyclic N) is 1. The van der Waals surface area contributed by atoms with E-state index in [-0.39, 0.29) is 11.8 Å². The lowest BCUT2D eigenvalue weighted by Crippen LogP contribution is -2.42. The predicted molar refractivity (Wildman–Crippen MR) is 77.5 cm³/mol. The Bertz CT molecular complexity index is 444. The lowest BCUT2D eigenvalue weighted by atomic mass is 9.98. The summed E-state index contributed by atoms with van der Waals surface area (Å²) in [5.41, 5.74) is 0.819. The molecule has 1 amide bonds. The van der Waals surface area contributed by atoms with E-state index < -0.39 is 6.10 Å². The van der Waals surface area contributed by atoms with Crippen molar-refractivity contribution in [2.24, 2.45) is 5.92 Å². The van der Waals surface area contributed by atoms with Crippen LogP contribution in [0.4, 0.5) is 0 Å². The number of aliphatic hydroxyl groups is 1. The molecule has 20 heavy (non-hydrogen) atoms. The summed E-state index contributed by atoms with van der Waals surface area (Å²) < 4.78 is 5.38. The van der Waals surface area contributed by atoms with Gasteiger partial charge in [0.05, 0.1) is 19.3 Å². The molecule has 1 aromatic rings. The smallest absolute Gasteiger partial charge is 0.225 e. The Balaban J connectivity index is 1.96. The van der Waals surface area contributed by atoms with E-state index in [9.17, 15) is 9.90 Å². The number of hydrogen-bond donors (Lipinski definition) is 1. The van der Waals surface area contributed by atoms with E-state index in [0.717, 1.165) is 30.7 Å². The third kappa shape index (κ3) is 3.51. The normalized spacial score (nSPS) is 20.9. The highest BCUT2D eigenvalue weighted by Crippen LogP contribution is 2.22. The second-order valence-corrected chi connectivity index (χ2v) is 5.35. The molecular weight excluding hydrogens is 254 g/mol. The van der Waals surface area contributed by atoms with E-state index in [2.05, 4.69) is 0 Å². The molecule has 1 N–H and O–H groups in total. The molecule has 2 unspecified atom stereocenters. The van der Waals surface area contributed by atoms with Crippen molar-refractivity contribution >= 4 is 5.91 Å². The second kappa shape index (κ2) is 6.75. The van der Waals surface area contributed by atoms with Gasteiger partial charge in [-0.1, -0.05) is 19.1 Å². The summed E-state index contributed by atoms with van der Waals surface area (Å²) in [4.78, 5) is 13.8. The minimum Gasteiger partial charge on any atom is -0.494 e. The largest absolute Gasteiger partial charge is 0.494 e. The first kappa shape index (κ1) is 14.9. The lowest BCUT2D eigenvalue weighted by molar-refractivity contribution is -0.139. The fourth-order valence-electron chi connectivity index (χ4n) is 2.58. The number of nitrogens with zero attached hydrogens (tertiary/aromatic N) is 1. The molecule has 0 aliphatic carbocycles. The number of benzene rings is 1. The molecule has 0 aromatic heterocycles. The van der Waals surface area contributed by atoms with Gasteiger partial charge in [0, 0.05) is 12.5 Å². The maximum Gasteiger partial charge on any atom is 0.225 e. The zero-order chi connectivity index (χ0) is 14.5. The van der Waals surface area contributed by atoms with Crippen molar-refractivity contribution in [1.82, 2.24) is 4.90 Å². The monoisotopic (exact) mass is 277 g/mol. The van der Waals surface area contributed by atoms with Crippen LogP contribution in [-0.2, 0) is 4.79 Å². The van der Waals surface area contributed by atoms with E-state index in [0.29, 0.717) is 13.2 Å². The van der Waals surface area contributed by atoms with Crippen LogP contribution in [0.15, 0.2) is 24.3 Å². The fourth-order valence-corrected chi connectivity index (χ4v) is 2.58. The van der Waals surface area contributed by atoms with Crippen LogP contribution < -0.4 is 4.74 Å². The summed E-state index contributed by atoms with van der Waals surface area (Å²) in [5.74, 6) is 1.03. The number of rotatable bonds is 5. The molecule has 0 radical (unpaired) electrons. The molecule has 1 aromatic carbocycles. The van der Waals surface area contributed by atoms with Crippen LogP contribution in [0.1, 0.15) is 38.4 Å². The van der Waals surface area contributed by atoms with Gasteiger partial charge in [0.15, 0.2) is 0 Å². The molecule has 1 saturated heterocycles. The number of aliphatic hydroxyl groups excluding tert-OH is 1. The van der Waals surface area contributed by atoms with Crippen molar-refractivity contribution in [3.63, 3.8) is 0 Å². The third-order valence-corrected chi connectivity index (χ3v) is 3.77. The summed E-state index contributed by atoms with van der Waals surface area (Å²) in [6, 6.07) is 7.41. The van der Waals surface area contributed by atoms with Gasteiger partial charge in [-0.3, -0.25) is 4.79 Å². The summed E-state index contributed by atoms with van der Waals surface area (Å²) in [6.45, 7) is 5.64. The van der Waals surface area contributed by atoms with Crippen LogP contribution in [0.25, 0.3) is 0 Å². The average molecular weight is 277 g/mol. The lowest BCUT2D eigenvalue weighted by Gasteiger charge is -2.32. The Morgan fingerprint density at radius 3 is 2.75 bits per heavy atom. The van der Waals surface area contributed by atoms with Crippen molar-refractivity contribution in [2.75, 3.05) is 19.7 Å². The van der Waals surface area contributed by atoms with E-state index >= 15 is 0 Å². The molecular formula is C16H23NO3. The van der Waals surface area contributed by atoms with Crippen molar-refractivity contribution < 1.29 is 14.6 Å². The standard InChI is InChI=1S/C16H23NO3/c1-3-20-14-8-6-13(7-9-14)15(18)11-17-10-4-5-12(2)16(17)19/h6-9,12,15,18H,3-5,10-11H2,1-2H3. The van der Waals surface area contributed by atoms with Crippen molar-refractivity contribution in [3.8, 4) is 5.75 Å². The summed E-state index contributed by atoms with van der Waals surface area (Å²) in [6.07, 6.45) is 1.33. The Kier molecular flexibility index (Phi) is 5.01. The average Bonchev–Trinajstić information content (AvgIpc) is 2.45. The van der Waals surface area contributed by atoms with Crippen LogP contribution >= 0.6 is 0 Å². The Hall–Kier alpha value is -1.55. The maximum absolute atomic E-state index is 12.0. The molecule has 0 bridgehead atoms.